The van der Waals surface area contributed by atoms with E-state index in [1.54, 1.807) is 0 Å². The lowest BCUT2D eigenvalue weighted by Gasteiger charge is -2.19. The molecule has 8 aromatic carbocycles. The van der Waals surface area contributed by atoms with Crippen LogP contribution < -0.4 is 5.30 Å². The molecule has 0 saturated carbocycles. The van der Waals surface area contributed by atoms with Crippen molar-refractivity contribution >= 4 is 55.5 Å². The third-order valence-electron chi connectivity index (χ3n) is 8.90. The van der Waals surface area contributed by atoms with Crippen LogP contribution in [0.5, 0.6) is 0 Å². The quantitative estimate of drug-likeness (QED) is 0.149. The van der Waals surface area contributed by atoms with Crippen molar-refractivity contribution in [1.82, 2.24) is 0 Å². The highest BCUT2D eigenvalue weighted by Gasteiger charge is 2.19. The first kappa shape index (κ1) is 26.6. The molecule has 0 spiro atoms. The highest BCUT2D eigenvalue weighted by molar-refractivity contribution is 7.70. The van der Waals surface area contributed by atoms with Gasteiger partial charge in [0.05, 0.1) is 0 Å². The maximum atomic E-state index is 13.0. The molecule has 1 nitrogen and oxygen atoms in total. The number of hydrogen-bond donors (Lipinski definition) is 0. The molecule has 0 aliphatic heterocycles. The molecule has 0 atom stereocenters. The summed E-state index contributed by atoms with van der Waals surface area (Å²) in [7, 11) is -2.40. The molecule has 0 amide bonds. The summed E-state index contributed by atoms with van der Waals surface area (Å²) in [5, 5.41) is 10.7. The van der Waals surface area contributed by atoms with Crippen molar-refractivity contribution in [3.8, 4) is 33.4 Å². The summed E-state index contributed by atoms with van der Waals surface area (Å²) in [5.74, 6) is 0. The fourth-order valence-electron chi connectivity index (χ4n) is 6.69. The van der Waals surface area contributed by atoms with Crippen LogP contribution >= 0.6 is 7.14 Å². The predicted molar refractivity (Wildman–Crippen MR) is 192 cm³/mol. The minimum atomic E-state index is -2.40. The van der Waals surface area contributed by atoms with Crippen LogP contribution in [-0.4, -0.2) is 13.3 Å². The zero-order valence-corrected chi connectivity index (χ0v) is 25.7. The second-order valence-corrected chi connectivity index (χ2v) is 15.3. The number of benzene rings is 8. The van der Waals surface area contributed by atoms with Crippen LogP contribution in [0.3, 0.4) is 0 Å². The van der Waals surface area contributed by atoms with Gasteiger partial charge in [-0.3, -0.25) is 0 Å². The Labute approximate surface area is 257 Å². The topological polar surface area (TPSA) is 17.1 Å². The van der Waals surface area contributed by atoms with Crippen LogP contribution in [0.2, 0.25) is 0 Å². The second-order valence-electron chi connectivity index (χ2n) is 12.1. The smallest absolute Gasteiger partial charge is 0.109 e. The van der Waals surface area contributed by atoms with Crippen LogP contribution in [0.25, 0.3) is 76.5 Å². The molecule has 0 unspecified atom stereocenters. The zero-order chi connectivity index (χ0) is 29.8. The molecule has 210 valence electrons. The maximum absolute atomic E-state index is 13.0. The second kappa shape index (κ2) is 10.3. The predicted octanol–water partition coefficient (Wildman–Crippen LogP) is 11.5. The van der Waals surface area contributed by atoms with Gasteiger partial charge < -0.3 is 4.57 Å². The van der Waals surface area contributed by atoms with Gasteiger partial charge in [-0.2, -0.15) is 0 Å². The van der Waals surface area contributed by atoms with E-state index in [0.717, 1.165) is 16.4 Å². The molecule has 0 N–H and O–H groups in total. The highest BCUT2D eigenvalue weighted by atomic mass is 31.2. The summed E-state index contributed by atoms with van der Waals surface area (Å²) in [6.45, 7) is 3.68. The van der Waals surface area contributed by atoms with E-state index in [4.69, 9.17) is 0 Å². The van der Waals surface area contributed by atoms with E-state index in [-0.39, 0.29) is 0 Å². The third kappa shape index (κ3) is 4.53. The zero-order valence-electron chi connectivity index (χ0n) is 24.8. The van der Waals surface area contributed by atoms with Crippen LogP contribution in [0, 0.1) is 0 Å². The van der Waals surface area contributed by atoms with Gasteiger partial charge in [-0.1, -0.05) is 127 Å². The molecule has 0 radical (unpaired) electrons. The Hall–Kier alpha value is -4.97. The first-order chi connectivity index (χ1) is 21.4. The van der Waals surface area contributed by atoms with Crippen molar-refractivity contribution in [2.24, 2.45) is 0 Å². The van der Waals surface area contributed by atoms with Crippen molar-refractivity contribution in [3.63, 3.8) is 0 Å². The largest absolute Gasteiger partial charge is 0.319 e. The molecule has 0 heterocycles. The number of hydrogen-bond acceptors (Lipinski definition) is 1. The molecule has 2 heteroatoms. The van der Waals surface area contributed by atoms with Gasteiger partial charge in [0.25, 0.3) is 0 Å². The summed E-state index contributed by atoms with van der Waals surface area (Å²) >= 11 is 0. The van der Waals surface area contributed by atoms with Crippen molar-refractivity contribution in [2.75, 3.05) is 13.3 Å². The van der Waals surface area contributed by atoms with E-state index in [0.29, 0.717) is 0 Å². The lowest BCUT2D eigenvalue weighted by molar-refractivity contribution is 0.588. The molecular weight excluding hydrogens is 551 g/mol. The van der Waals surface area contributed by atoms with Gasteiger partial charge in [0.2, 0.25) is 0 Å². The van der Waals surface area contributed by atoms with E-state index < -0.39 is 7.14 Å². The van der Waals surface area contributed by atoms with Crippen LogP contribution in [-0.2, 0) is 4.57 Å². The monoisotopic (exact) mass is 582 g/mol. The van der Waals surface area contributed by atoms with Gasteiger partial charge in [0.1, 0.15) is 7.14 Å². The molecule has 0 aromatic heterocycles. The molecule has 44 heavy (non-hydrogen) atoms. The number of rotatable bonds is 4. The maximum Gasteiger partial charge on any atom is 0.109 e. The minimum absolute atomic E-state index is 0.903. The average Bonchev–Trinajstić information content (AvgIpc) is 3.06. The molecule has 8 rings (SSSR count). The SMILES string of the molecule is CP(C)(=O)c1cccc(-c2ccc3c(-c4ccc5ccccc5c4)c4ccccc4c(-c4ccc5ccccc5c4)c3c2)c1. The van der Waals surface area contributed by atoms with Crippen LogP contribution in [0.4, 0.5) is 0 Å². The molecule has 0 saturated heterocycles. The summed E-state index contributed by atoms with van der Waals surface area (Å²) in [6, 6.07) is 54.7. The molecule has 0 aliphatic carbocycles. The van der Waals surface area contributed by atoms with Gasteiger partial charge in [-0.15, -0.1) is 0 Å². The van der Waals surface area contributed by atoms with Crippen molar-refractivity contribution in [2.45, 2.75) is 0 Å². The fourth-order valence-corrected chi connectivity index (χ4v) is 7.59. The molecule has 0 aliphatic rings. The van der Waals surface area contributed by atoms with Crippen molar-refractivity contribution < 1.29 is 4.57 Å². The average molecular weight is 583 g/mol. The number of fused-ring (bicyclic) bond motifs is 4. The Bertz CT molecular complexity index is 2450. The van der Waals surface area contributed by atoms with Gasteiger partial charge in [0.15, 0.2) is 0 Å². The molecule has 0 bridgehead atoms. The Balaban J connectivity index is 1.49. The summed E-state index contributed by atoms with van der Waals surface area (Å²) < 4.78 is 13.0. The van der Waals surface area contributed by atoms with E-state index >= 15 is 0 Å². The van der Waals surface area contributed by atoms with Gasteiger partial charge in [0, 0.05) is 5.30 Å². The minimum Gasteiger partial charge on any atom is -0.319 e. The van der Waals surface area contributed by atoms with Crippen LogP contribution in [0.1, 0.15) is 0 Å². The van der Waals surface area contributed by atoms with E-state index in [2.05, 4.69) is 140 Å². The van der Waals surface area contributed by atoms with E-state index in [1.807, 2.05) is 25.5 Å². The normalized spacial score (nSPS) is 12.0. The summed E-state index contributed by atoms with van der Waals surface area (Å²) in [5.41, 5.74) is 7.10. The standard InChI is InChI=1S/C42H31OP/c1-44(2,43)36-15-9-14-32(26-36)33-22-23-39-40(27-33)42(35-21-19-29-11-4-6-13-31(29)25-35)38-17-8-7-16-37(38)41(39)34-20-18-28-10-3-5-12-30(28)24-34/h3-27H,1-2H3. The fraction of sp³-hybridized carbons (Fsp3) is 0.0476. The first-order valence-electron chi connectivity index (χ1n) is 15.1. The summed E-state index contributed by atoms with van der Waals surface area (Å²) in [6.07, 6.45) is 0. The lowest BCUT2D eigenvalue weighted by atomic mass is 9.84. The molecule has 8 aromatic rings. The highest BCUT2D eigenvalue weighted by Crippen LogP contribution is 2.46. The third-order valence-corrected chi connectivity index (χ3v) is 10.4. The Morgan fingerprint density at radius 3 is 1.43 bits per heavy atom. The van der Waals surface area contributed by atoms with Crippen molar-refractivity contribution in [1.29, 1.82) is 0 Å². The van der Waals surface area contributed by atoms with Gasteiger partial charge in [-0.05, 0) is 114 Å². The van der Waals surface area contributed by atoms with Gasteiger partial charge in [-0.25, -0.2) is 0 Å². The van der Waals surface area contributed by atoms with Gasteiger partial charge >= 0.3 is 0 Å². The van der Waals surface area contributed by atoms with Crippen LogP contribution in [0.15, 0.2) is 152 Å². The lowest BCUT2D eigenvalue weighted by Crippen LogP contribution is -2.02. The van der Waals surface area contributed by atoms with E-state index in [1.165, 1.54) is 65.3 Å². The van der Waals surface area contributed by atoms with E-state index in [9.17, 15) is 4.57 Å². The first-order valence-corrected chi connectivity index (χ1v) is 17.7. The summed E-state index contributed by atoms with van der Waals surface area (Å²) in [4.78, 5) is 0. The Kier molecular flexibility index (Phi) is 6.26. The van der Waals surface area contributed by atoms with Crippen molar-refractivity contribution in [3.05, 3.63) is 152 Å². The Morgan fingerprint density at radius 1 is 0.364 bits per heavy atom. The molecular formula is C42H31OP. The molecule has 0 fully saturated rings. The Morgan fingerprint density at radius 2 is 0.841 bits per heavy atom.